The van der Waals surface area contributed by atoms with E-state index in [0.717, 1.165) is 98.0 Å². The van der Waals surface area contributed by atoms with Crippen LogP contribution < -0.4 is 35.6 Å². The van der Waals surface area contributed by atoms with E-state index in [4.69, 9.17) is 34.2 Å². The van der Waals surface area contributed by atoms with Gasteiger partial charge in [-0.15, -0.1) is 21.5 Å². The fourth-order valence-electron chi connectivity index (χ4n) is 12.3. The van der Waals surface area contributed by atoms with Gasteiger partial charge in [0, 0.05) is 86.5 Å². The number of piperazine rings is 2. The third-order valence-corrected chi connectivity index (χ3v) is 22.0. The van der Waals surface area contributed by atoms with E-state index in [-0.39, 0.29) is 55.0 Å². The average molecular weight is 1280 g/mol. The summed E-state index contributed by atoms with van der Waals surface area (Å²) in [5.74, 6) is -2.27. The van der Waals surface area contributed by atoms with Gasteiger partial charge in [0.2, 0.25) is 20.7 Å². The fraction of sp³-hybridized carbons (Fsp3) is 0.508. The van der Waals surface area contributed by atoms with Crippen molar-refractivity contribution in [2.45, 2.75) is 141 Å². The summed E-state index contributed by atoms with van der Waals surface area (Å²) in [6.45, 7) is 19.7. The number of pyridine rings is 1. The number of rotatable bonds is 25. The number of nitrogens with one attached hydrogen (secondary N) is 2. The summed E-state index contributed by atoms with van der Waals surface area (Å²) in [5, 5.41) is 19.2. The first kappa shape index (κ1) is 64.6. The molecule has 0 radical (unpaired) electrons. The van der Waals surface area contributed by atoms with Crippen molar-refractivity contribution in [3.63, 3.8) is 0 Å². The van der Waals surface area contributed by atoms with Crippen molar-refractivity contribution < 1.29 is 51.1 Å². The second-order valence-corrected chi connectivity index (χ2v) is 29.7. The van der Waals surface area contributed by atoms with Crippen molar-refractivity contribution in [2.24, 2.45) is 5.92 Å². The number of anilines is 3. The largest absolute Gasteiger partial charge is 0.508 e. The molecule has 8 atom stereocenters. The number of likely N-dealkylation sites (tertiary alicyclic amines) is 1. The van der Waals surface area contributed by atoms with Crippen LogP contribution in [0.4, 0.5) is 22.0 Å². The number of aryl methyl sites for hydroxylation is 2. The maximum atomic E-state index is 14.7. The number of amides is 2. The lowest BCUT2D eigenvalue weighted by atomic mass is 9.91. The van der Waals surface area contributed by atoms with Gasteiger partial charge in [-0.2, -0.15) is 0 Å². The third kappa shape index (κ3) is 15.4. The Morgan fingerprint density at radius 3 is 2.46 bits per heavy atom. The molecule has 476 valence electrons. The van der Waals surface area contributed by atoms with Gasteiger partial charge in [-0.05, 0) is 137 Å². The Kier molecular flexibility index (Phi) is 20.5. The number of benzene rings is 2. The van der Waals surface area contributed by atoms with Crippen LogP contribution in [0.3, 0.4) is 0 Å². The first-order valence-electron chi connectivity index (χ1n) is 30.4. The Bertz CT molecular complexity index is 3560. The van der Waals surface area contributed by atoms with E-state index < -0.39 is 67.7 Å². The molecule has 4 N–H and O–H groups in total. The quantitative estimate of drug-likeness (QED) is 0.0276. The lowest BCUT2D eigenvalue weighted by Crippen LogP contribution is -2.54. The van der Waals surface area contributed by atoms with Crippen molar-refractivity contribution in [2.75, 3.05) is 73.9 Å². The van der Waals surface area contributed by atoms with Crippen LogP contribution in [0.1, 0.15) is 109 Å². The molecule has 0 spiro atoms. The van der Waals surface area contributed by atoms with E-state index >= 15 is 0 Å². The van der Waals surface area contributed by atoms with Gasteiger partial charge >= 0.3 is 6.16 Å². The van der Waals surface area contributed by atoms with Gasteiger partial charge in [0.25, 0.3) is 5.88 Å². The molecule has 4 aliphatic rings. The number of aldehydes is 1. The van der Waals surface area contributed by atoms with E-state index in [9.17, 15) is 27.6 Å². The predicted molar refractivity (Wildman–Crippen MR) is 341 cm³/mol. The average Bonchev–Trinajstić information content (AvgIpc) is 2.14. The zero-order chi connectivity index (χ0) is 63.1. The minimum atomic E-state index is -4.08. The highest BCUT2D eigenvalue weighted by Gasteiger charge is 2.47. The minimum absolute atomic E-state index is 0.0139. The van der Waals surface area contributed by atoms with Crippen LogP contribution in [0.15, 0.2) is 89.0 Å². The van der Waals surface area contributed by atoms with Crippen LogP contribution >= 0.6 is 22.1 Å². The maximum Gasteiger partial charge on any atom is 0.508 e. The molecule has 2 aromatic carbocycles. The second-order valence-electron chi connectivity index (χ2n) is 24.3. The molecule has 2 amide bonds. The molecule has 4 saturated heterocycles. The summed E-state index contributed by atoms with van der Waals surface area (Å²) >= 11 is 1.54. The monoisotopic (exact) mass is 1280 g/mol. The maximum absolute atomic E-state index is 14.7. The molecule has 4 aliphatic heterocycles. The van der Waals surface area contributed by atoms with Crippen molar-refractivity contribution in [3.05, 3.63) is 107 Å². The van der Waals surface area contributed by atoms with Gasteiger partial charge in [-0.3, -0.25) is 24.3 Å². The molecule has 3 unspecified atom stereocenters. The smallest absolute Gasteiger partial charge is 0.476 e. The summed E-state index contributed by atoms with van der Waals surface area (Å²) in [6, 6.07) is 22.0. The Morgan fingerprint density at radius 1 is 0.978 bits per heavy atom. The molecule has 23 nitrogen and oxygen atoms in total. The number of hydrogen-bond donors (Lipinski definition) is 3. The highest BCUT2D eigenvalue weighted by atomic mass is 33.1. The van der Waals surface area contributed by atoms with E-state index in [1.54, 1.807) is 44.5 Å². The van der Waals surface area contributed by atoms with Gasteiger partial charge in [0.15, 0.2) is 23.8 Å². The molecular formula is C63H80N12O11S3. The summed E-state index contributed by atoms with van der Waals surface area (Å²) < 4.78 is 55.3. The molecule has 2 bridgehead atoms. The Hall–Kier alpha value is -7.39. The first-order chi connectivity index (χ1) is 42.6. The molecule has 89 heavy (non-hydrogen) atoms. The van der Waals surface area contributed by atoms with E-state index in [0.29, 0.717) is 40.2 Å². The van der Waals surface area contributed by atoms with Gasteiger partial charge in [-0.25, -0.2) is 18.2 Å². The zero-order valence-corrected chi connectivity index (χ0v) is 54.0. The summed E-state index contributed by atoms with van der Waals surface area (Å²) in [7, 11) is -3.50. The number of thiazole rings is 1. The lowest BCUT2D eigenvalue weighted by Gasteiger charge is -2.43. The van der Waals surface area contributed by atoms with Crippen LogP contribution in [0, 0.1) is 12.8 Å². The van der Waals surface area contributed by atoms with Crippen LogP contribution in [-0.2, 0) is 39.1 Å². The van der Waals surface area contributed by atoms with Crippen molar-refractivity contribution >= 4 is 72.4 Å². The topological polar surface area (TPSA) is 280 Å². The third-order valence-electron chi connectivity index (χ3n) is 17.3. The normalized spacial score (nSPS) is 20.7. The van der Waals surface area contributed by atoms with E-state index in [1.165, 1.54) is 28.0 Å². The number of para-hydroxylation sites is 1. The number of nitrogen functional groups attached to an aromatic ring is 1. The number of fused-ring (bicyclic) bond motifs is 2. The molecule has 0 saturated carbocycles. The molecule has 26 heteroatoms. The lowest BCUT2D eigenvalue weighted by molar-refractivity contribution is -0.141. The Morgan fingerprint density at radius 2 is 1.74 bits per heavy atom. The number of hydrogen-bond acceptors (Lipinski definition) is 23. The van der Waals surface area contributed by atoms with Crippen molar-refractivity contribution in [3.8, 4) is 33.3 Å². The van der Waals surface area contributed by atoms with Crippen LogP contribution in [0.5, 0.6) is 11.6 Å². The fourth-order valence-corrected chi connectivity index (χ4v) is 17.0. The van der Waals surface area contributed by atoms with E-state index in [2.05, 4.69) is 64.7 Å². The molecular weight excluding hydrogens is 1200 g/mol. The first-order valence-corrected chi connectivity index (χ1v) is 34.2. The number of ether oxygens (including phenoxy) is 4. The standard InChI is InChI=1S/C63H80N12O11S3/c1-38(2)57(55-31-56(71-86-55)82-27-26-76)61(78)74-35-49(29-53(74)60(77)68-40(4)43-15-17-44(18-16-43)58-41(5)67-36-87-58)85-62(79)84-42(6)63(7,8)88-89(80,81)37-83-54-14-10-9-13-50(54)51-30-52(59(64)70-69-51)73-33-47-19-20-48(34-73)75(47)46-21-22-66-45(28-46)12-11-24-72-25-23-65-32-39(72)3/h9-10,13-18,21-22,26,28,30-31,36,38-40,42,47-49,53,57,65H,11-12,19-20,23-25,27,29,32-35,37H2,1-8H3,(H2,64,70)(H,68,77)/t39-,40+,42?,47?,48?,49-,53+,57-/m1/s1. The van der Waals surface area contributed by atoms with E-state index in [1.807, 2.05) is 70.3 Å². The number of carbonyl (C=O) groups excluding carboxylic acids is 4. The summed E-state index contributed by atoms with van der Waals surface area (Å²) in [4.78, 5) is 72.7. The second kappa shape index (κ2) is 28.2. The number of carbonyl (C=O) groups is 4. The Balaban J connectivity index is 0.756. The summed E-state index contributed by atoms with van der Waals surface area (Å²) in [5.41, 5.74) is 15.1. The highest BCUT2D eigenvalue weighted by molar-refractivity contribution is 8.72. The highest BCUT2D eigenvalue weighted by Crippen LogP contribution is 2.41. The van der Waals surface area contributed by atoms with Gasteiger partial charge < -0.3 is 54.5 Å². The van der Waals surface area contributed by atoms with Crippen LogP contribution in [-0.4, -0.2) is 167 Å². The minimum Gasteiger partial charge on any atom is -0.476 e. The van der Waals surface area contributed by atoms with Gasteiger partial charge in [0.05, 0.1) is 44.8 Å². The number of nitrogens with zero attached hydrogens (tertiary/aromatic N) is 9. The van der Waals surface area contributed by atoms with Crippen molar-refractivity contribution in [1.82, 2.24) is 45.8 Å². The number of nitrogens with two attached hydrogens (primary N) is 1. The predicted octanol–water partition coefficient (Wildman–Crippen LogP) is 8.21. The summed E-state index contributed by atoms with van der Waals surface area (Å²) in [6.07, 6.45) is 3.31. The molecule has 10 rings (SSSR count). The van der Waals surface area contributed by atoms with Crippen LogP contribution in [0.2, 0.25) is 0 Å². The molecule has 6 aromatic rings. The molecule has 4 fully saturated rings. The van der Waals surface area contributed by atoms with Gasteiger partial charge in [0.1, 0.15) is 36.5 Å². The zero-order valence-electron chi connectivity index (χ0n) is 51.6. The SMILES string of the molecule is Cc1ncsc1-c1ccc([C@H](C)NC(=O)[C@@H]2C[C@@H](OC(=O)OC(C)C(C)(C)SS(=O)(=O)COc3ccccc3-c3cc(N4CC5CCC(C4)N5c4ccnc(CCCN5CCNC[C@H]5C)c4)c(N)nn3)CN2C(=O)[C@@H](c2cc(OCC=O)no2)C(C)C)cc1. The van der Waals surface area contributed by atoms with Crippen LogP contribution in [0.25, 0.3) is 21.7 Å². The molecule has 8 heterocycles. The molecule has 4 aromatic heterocycles. The van der Waals surface area contributed by atoms with Gasteiger partial charge in [-0.1, -0.05) is 50.2 Å². The Labute approximate surface area is 527 Å². The van der Waals surface area contributed by atoms with Crippen molar-refractivity contribution in [1.29, 1.82) is 0 Å². The number of aromatic nitrogens is 5. The molecule has 0 aliphatic carbocycles.